The van der Waals surface area contributed by atoms with Crippen molar-refractivity contribution in [3.63, 3.8) is 0 Å². The average molecular weight is 218 g/mol. The maximum atomic E-state index is 5.63. The molecule has 0 aromatic carbocycles. The smallest absolute Gasteiger partial charge is 0.156 e. The van der Waals surface area contributed by atoms with E-state index in [1.54, 1.807) is 0 Å². The van der Waals surface area contributed by atoms with Crippen LogP contribution in [0.3, 0.4) is 0 Å². The van der Waals surface area contributed by atoms with Crippen molar-refractivity contribution in [1.29, 1.82) is 0 Å². The minimum atomic E-state index is 0.446. The number of hydrogen-bond acceptors (Lipinski definition) is 4. The summed E-state index contributed by atoms with van der Waals surface area (Å²) >= 11 is 0. The molecule has 1 aliphatic rings. The van der Waals surface area contributed by atoms with E-state index in [1.165, 1.54) is 0 Å². The fourth-order valence-corrected chi connectivity index (χ4v) is 1.73. The first-order valence-electron chi connectivity index (χ1n) is 5.58. The Hall–Kier alpha value is -1.62. The predicted octanol–water partition coefficient (Wildman–Crippen LogP) is 1.24. The number of aromatic nitrogens is 3. The molecule has 0 spiro atoms. The predicted molar refractivity (Wildman–Crippen MR) is 59.0 cm³/mol. The van der Waals surface area contributed by atoms with Crippen LogP contribution in [0.2, 0.25) is 0 Å². The molecule has 84 valence electrons. The molecule has 0 radical (unpaired) electrons. The Bertz CT molecular complexity index is 484. The van der Waals surface area contributed by atoms with Crippen LogP contribution >= 0.6 is 0 Å². The second kappa shape index (κ2) is 3.75. The maximum absolute atomic E-state index is 5.63. The van der Waals surface area contributed by atoms with Crippen LogP contribution in [0.4, 0.5) is 0 Å². The van der Waals surface area contributed by atoms with E-state index in [0.717, 1.165) is 36.7 Å². The molecule has 1 saturated heterocycles. The van der Waals surface area contributed by atoms with Crippen LogP contribution in [0.15, 0.2) is 22.7 Å². The summed E-state index contributed by atoms with van der Waals surface area (Å²) in [5.41, 5.74) is 0.812. The summed E-state index contributed by atoms with van der Waals surface area (Å²) in [7, 11) is 0. The van der Waals surface area contributed by atoms with Gasteiger partial charge in [0.1, 0.15) is 11.5 Å². The molecule has 2 aromatic heterocycles. The Morgan fingerprint density at radius 3 is 3.00 bits per heavy atom. The van der Waals surface area contributed by atoms with E-state index in [9.17, 15) is 0 Å². The van der Waals surface area contributed by atoms with E-state index in [2.05, 4.69) is 22.6 Å². The monoisotopic (exact) mass is 218 g/mol. The molecule has 1 aliphatic heterocycles. The molecular formula is C11H14N4O. The molecule has 0 unspecified atom stereocenters. The molecule has 0 aliphatic carbocycles. The maximum Gasteiger partial charge on any atom is 0.156 e. The van der Waals surface area contributed by atoms with Crippen LogP contribution in [0.1, 0.15) is 18.7 Å². The van der Waals surface area contributed by atoms with Crippen LogP contribution in [0.25, 0.3) is 11.5 Å². The van der Waals surface area contributed by atoms with E-state index in [0.29, 0.717) is 6.04 Å². The summed E-state index contributed by atoms with van der Waals surface area (Å²) in [6, 6.07) is 4.38. The van der Waals surface area contributed by atoms with Crippen molar-refractivity contribution in [1.82, 2.24) is 20.3 Å². The number of furan rings is 1. The van der Waals surface area contributed by atoms with Crippen molar-refractivity contribution in [2.75, 3.05) is 13.1 Å². The number of nitrogens with zero attached hydrogens (tertiary/aromatic N) is 3. The van der Waals surface area contributed by atoms with Gasteiger partial charge in [-0.1, -0.05) is 12.1 Å². The topological polar surface area (TPSA) is 55.9 Å². The molecule has 1 N–H and O–H groups in total. The number of nitrogens with one attached hydrogen (secondary N) is 1. The highest BCUT2D eigenvalue weighted by Gasteiger charge is 2.20. The molecule has 0 amide bonds. The fraction of sp³-hybridized carbons (Fsp3) is 0.455. The van der Waals surface area contributed by atoms with Crippen LogP contribution in [-0.4, -0.2) is 28.1 Å². The Balaban J connectivity index is 1.85. The van der Waals surface area contributed by atoms with Gasteiger partial charge in [-0.25, -0.2) is 4.68 Å². The minimum Gasteiger partial charge on any atom is -0.459 e. The van der Waals surface area contributed by atoms with E-state index < -0.39 is 0 Å². The van der Waals surface area contributed by atoms with Crippen LogP contribution in [0, 0.1) is 0 Å². The second-order valence-corrected chi connectivity index (χ2v) is 4.02. The van der Waals surface area contributed by atoms with Gasteiger partial charge >= 0.3 is 0 Å². The molecule has 5 nitrogen and oxygen atoms in total. The summed E-state index contributed by atoms with van der Waals surface area (Å²) < 4.78 is 7.53. The number of hydrogen-bond donors (Lipinski definition) is 1. The number of rotatable bonds is 3. The van der Waals surface area contributed by atoms with E-state index in [-0.39, 0.29) is 0 Å². The van der Waals surface area contributed by atoms with Crippen LogP contribution in [-0.2, 0) is 6.42 Å². The van der Waals surface area contributed by atoms with Gasteiger partial charge in [0, 0.05) is 19.5 Å². The molecule has 16 heavy (non-hydrogen) atoms. The van der Waals surface area contributed by atoms with Gasteiger partial charge in [-0.2, -0.15) is 0 Å². The van der Waals surface area contributed by atoms with Gasteiger partial charge in [-0.05, 0) is 12.1 Å². The first kappa shape index (κ1) is 9.59. The van der Waals surface area contributed by atoms with Gasteiger partial charge in [0.25, 0.3) is 0 Å². The van der Waals surface area contributed by atoms with Gasteiger partial charge in [-0.3, -0.25) is 0 Å². The van der Waals surface area contributed by atoms with Crippen molar-refractivity contribution in [3.05, 3.63) is 24.1 Å². The van der Waals surface area contributed by atoms with Crippen molar-refractivity contribution in [2.24, 2.45) is 0 Å². The summed E-state index contributed by atoms with van der Waals surface area (Å²) in [5, 5.41) is 11.5. The van der Waals surface area contributed by atoms with Gasteiger partial charge in [0.15, 0.2) is 5.76 Å². The Labute approximate surface area is 93.4 Å². The van der Waals surface area contributed by atoms with E-state index >= 15 is 0 Å². The lowest BCUT2D eigenvalue weighted by molar-refractivity contribution is 0.313. The summed E-state index contributed by atoms with van der Waals surface area (Å²) in [6.45, 7) is 4.02. The van der Waals surface area contributed by atoms with Crippen LogP contribution in [0.5, 0.6) is 0 Å². The summed E-state index contributed by atoms with van der Waals surface area (Å²) in [4.78, 5) is 0. The molecule has 0 saturated carbocycles. The standard InChI is InChI=1S/C11H14N4O/c1-2-9-3-4-11(16-9)10-7-15(14-13-10)8-5-12-6-8/h3-4,7-8,12H,2,5-6H2,1H3. The molecule has 5 heteroatoms. The Kier molecular flexibility index (Phi) is 2.25. The summed E-state index contributed by atoms with van der Waals surface area (Å²) in [5.74, 6) is 1.78. The first-order chi connectivity index (χ1) is 7.86. The largest absolute Gasteiger partial charge is 0.459 e. The molecule has 0 atom stereocenters. The number of aryl methyl sites for hydroxylation is 1. The third-order valence-electron chi connectivity index (χ3n) is 2.91. The van der Waals surface area contributed by atoms with Crippen molar-refractivity contribution in [3.8, 4) is 11.5 Å². The zero-order valence-electron chi connectivity index (χ0n) is 9.18. The Morgan fingerprint density at radius 1 is 1.50 bits per heavy atom. The van der Waals surface area contributed by atoms with Crippen molar-refractivity contribution >= 4 is 0 Å². The van der Waals surface area contributed by atoms with Crippen molar-refractivity contribution < 1.29 is 4.42 Å². The quantitative estimate of drug-likeness (QED) is 0.842. The average Bonchev–Trinajstić information content (AvgIpc) is 2.81. The van der Waals surface area contributed by atoms with Gasteiger partial charge < -0.3 is 9.73 Å². The minimum absolute atomic E-state index is 0.446. The highest BCUT2D eigenvalue weighted by molar-refractivity contribution is 5.50. The SMILES string of the molecule is CCc1ccc(-c2cn(C3CNC3)nn2)o1. The lowest BCUT2D eigenvalue weighted by atomic mass is 10.2. The molecule has 3 rings (SSSR count). The highest BCUT2D eigenvalue weighted by atomic mass is 16.3. The molecule has 3 heterocycles. The van der Waals surface area contributed by atoms with Gasteiger partial charge in [0.05, 0.1) is 12.2 Å². The first-order valence-corrected chi connectivity index (χ1v) is 5.58. The third kappa shape index (κ3) is 1.53. The molecule has 1 fully saturated rings. The lowest BCUT2D eigenvalue weighted by Crippen LogP contribution is -2.43. The molecular weight excluding hydrogens is 204 g/mol. The van der Waals surface area contributed by atoms with Gasteiger partial charge in [-0.15, -0.1) is 5.10 Å². The normalized spacial score (nSPS) is 16.3. The lowest BCUT2D eigenvalue weighted by Gasteiger charge is -2.26. The third-order valence-corrected chi connectivity index (χ3v) is 2.91. The Morgan fingerprint density at radius 2 is 2.38 bits per heavy atom. The summed E-state index contributed by atoms with van der Waals surface area (Å²) in [6.07, 6.45) is 2.85. The molecule has 0 bridgehead atoms. The van der Waals surface area contributed by atoms with E-state index in [4.69, 9.17) is 4.42 Å². The highest BCUT2D eigenvalue weighted by Crippen LogP contribution is 2.21. The fourth-order valence-electron chi connectivity index (χ4n) is 1.73. The zero-order valence-corrected chi connectivity index (χ0v) is 9.18. The van der Waals surface area contributed by atoms with Gasteiger partial charge in [0.2, 0.25) is 0 Å². The van der Waals surface area contributed by atoms with Crippen molar-refractivity contribution in [2.45, 2.75) is 19.4 Å². The zero-order chi connectivity index (χ0) is 11.0. The second-order valence-electron chi connectivity index (χ2n) is 4.02. The van der Waals surface area contributed by atoms with E-state index in [1.807, 2.05) is 23.0 Å². The molecule has 2 aromatic rings. The van der Waals surface area contributed by atoms with Crippen LogP contribution < -0.4 is 5.32 Å².